The molecule has 0 aliphatic heterocycles. The van der Waals surface area contributed by atoms with Gasteiger partial charge in [-0.25, -0.2) is 19.9 Å². The number of hydrogen-bond acceptors (Lipinski definition) is 19. The second-order valence-electron chi connectivity index (χ2n) is 32.8. The number of hydrogen-bond donors (Lipinski definition) is 1. The monoisotopic (exact) mass is 1840 g/mol. The number of carbonyl (C=O) groups excluding carboxylic acids is 3. The van der Waals surface area contributed by atoms with Crippen molar-refractivity contribution in [2.45, 2.75) is 146 Å². The highest BCUT2D eigenvalue weighted by Crippen LogP contribution is 2.36. The highest BCUT2D eigenvalue weighted by Gasteiger charge is 2.23. The first kappa shape index (κ1) is 96.0. The van der Waals surface area contributed by atoms with Crippen LogP contribution in [-0.2, 0) is 80.2 Å². The molecule has 1 N–H and O–H groups in total. The fourth-order valence-electron chi connectivity index (χ4n) is 14.6. The van der Waals surface area contributed by atoms with Crippen LogP contribution >= 0.6 is 23.2 Å². The first-order valence-corrected chi connectivity index (χ1v) is 45.7. The summed E-state index contributed by atoms with van der Waals surface area (Å²) in [5.41, 5.74) is 13.3. The summed E-state index contributed by atoms with van der Waals surface area (Å²) < 4.78 is 59.8. The number of ether oxygens (including phenoxy) is 10. The van der Waals surface area contributed by atoms with Crippen LogP contribution < -0.4 is 52.2 Å². The van der Waals surface area contributed by atoms with Gasteiger partial charge in [0.2, 0.25) is 0 Å². The Morgan fingerprint density at radius 3 is 1.07 bits per heavy atom. The van der Waals surface area contributed by atoms with Crippen molar-refractivity contribution in [3.05, 3.63) is 400 Å². The van der Waals surface area contributed by atoms with E-state index in [1.807, 2.05) is 261 Å². The van der Waals surface area contributed by atoms with Crippen LogP contribution in [0.4, 0.5) is 0 Å². The minimum absolute atomic E-state index is 0.0266. The lowest BCUT2D eigenvalue weighted by Crippen LogP contribution is -2.39. The van der Waals surface area contributed by atoms with Crippen LogP contribution in [0.2, 0.25) is 10.0 Å². The van der Waals surface area contributed by atoms with Gasteiger partial charge in [-0.05, 0) is 189 Å². The minimum atomic E-state index is -0.593. The van der Waals surface area contributed by atoms with Gasteiger partial charge in [0, 0.05) is 68.4 Å². The van der Waals surface area contributed by atoms with E-state index in [2.05, 4.69) is 111 Å². The maximum absolute atomic E-state index is 12.1. The number of Topliss-reactive ketones (excluding diaryl/α,β-unsaturated/α-hetero) is 3. The Morgan fingerprint density at radius 2 is 0.696 bits per heavy atom. The van der Waals surface area contributed by atoms with E-state index in [1.54, 1.807) is 37.7 Å². The number of carbonyl (C=O) groups is 3. The number of nitrogens with one attached hydrogen (secondary N) is 1. The standard InChI is InChI=1S/C30H30ClNO4.C30H31NO3.C27H24ClNO4.C25H21N5O2/c1-20(2)16-29(21(3)33)36-30-23(9-6-12-27(30)31)18-34-25-10-7-11-26(17-25)35-19-24-15-14-22-8-4-5-13-28(22)32-24;1-3-8-26(22(2)32)18-23-9-6-10-24(17-23)20-33-28-12-7-13-29(19-28)34-21-27-16-15-25-11-4-5-14-30(25)31-27;1-18(30)19(2)33-27-21(8-5-11-25(27)28)16-31-23-9-6-10-24(15-23)32-17-22-14-13-20-7-3-4-12-26(20)29-22;1-2-8-21(20(7-1)15-30-27-18-26-29-30)16-31-23-9-5-10-24(14-23)32-17-22-13-12-19-6-3-4-11-25(19)28-22/h4-15,17,20,29H,16,18-19H2,1-3H3;4-7,9-17,19,26H,3,8,18,20-21H2,1-2H3;3-15,19H,16-17H2,1-2H3;1-14,18H,15-17H2/p+1. The van der Waals surface area contributed by atoms with Crippen LogP contribution in [0.3, 0.4) is 0 Å². The van der Waals surface area contributed by atoms with Gasteiger partial charge in [-0.2, -0.15) is 0 Å². The number of aromatic amines is 1. The summed E-state index contributed by atoms with van der Waals surface area (Å²) in [5, 5.41) is 16.2. The lowest BCUT2D eigenvalue weighted by Gasteiger charge is -2.21. The van der Waals surface area contributed by atoms with Gasteiger partial charge in [-0.3, -0.25) is 14.4 Å². The number of nitrogens with zero attached hydrogens (tertiary/aromatic N) is 7. The molecule has 3 atom stereocenters. The molecule has 0 saturated carbocycles. The maximum atomic E-state index is 12.1. The third-order valence-corrected chi connectivity index (χ3v) is 22.5. The number of benzene rings is 12. The maximum Gasteiger partial charge on any atom is 0.296 e. The van der Waals surface area contributed by atoms with Crippen LogP contribution in [0.25, 0.3) is 43.6 Å². The Kier molecular flexibility index (Phi) is 34.8. The van der Waals surface area contributed by atoms with Crippen molar-refractivity contribution < 1.29 is 66.5 Å². The molecule has 0 radical (unpaired) electrons. The van der Waals surface area contributed by atoms with Crippen LogP contribution in [0.15, 0.2) is 334 Å². The fourth-order valence-corrected chi connectivity index (χ4v) is 15.1. The molecule has 0 amide bonds. The Morgan fingerprint density at radius 1 is 0.348 bits per heavy atom. The minimum Gasteiger partial charge on any atom is -0.489 e. The van der Waals surface area contributed by atoms with Crippen molar-refractivity contribution in [1.29, 1.82) is 0 Å². The Labute approximate surface area is 796 Å². The zero-order chi connectivity index (χ0) is 94.0. The lowest BCUT2D eigenvalue weighted by atomic mass is 9.91. The third kappa shape index (κ3) is 29.2. The molecule has 17 aromatic rings. The van der Waals surface area contributed by atoms with E-state index >= 15 is 0 Å². The Hall–Kier alpha value is -15.1. The molecule has 0 aliphatic rings. The van der Waals surface area contributed by atoms with Gasteiger partial charge in [0.25, 0.3) is 6.33 Å². The number of ketones is 3. The number of H-pyrrole nitrogens is 1. The Balaban J connectivity index is 0.000000144. The lowest BCUT2D eigenvalue weighted by molar-refractivity contribution is -0.798. The quantitative estimate of drug-likeness (QED) is 0.0352. The van der Waals surface area contributed by atoms with Gasteiger partial charge in [0.05, 0.1) is 60.0 Å². The zero-order valence-electron chi connectivity index (χ0n) is 76.4. The van der Waals surface area contributed by atoms with Gasteiger partial charge in [-0.1, -0.05) is 249 Å². The number of rotatable bonds is 39. The molecule has 0 spiro atoms. The number of fused-ring (bicyclic) bond motifs is 4. The van der Waals surface area contributed by atoms with E-state index in [0.717, 1.165) is 136 Å². The van der Waals surface area contributed by atoms with Gasteiger partial charge in [-0.15, -0.1) is 0 Å². The SMILES string of the molecule is CC(=O)C(C)Oc1c(Cl)cccc1COc1cccc(OCc2ccc3ccccc3n2)c1.CC(=O)C(CC(C)C)Oc1c(Cl)cccc1COc1cccc(OCc2ccc3ccccc3n2)c1.CCCC(Cc1cccc(COc2cccc(OCc3ccc4ccccc4n3)c2)c1)C(C)=O.c1cc(OCc2ccc3ccccc3n2)cc(OCc2ccccc2C[n+]2ncn[nH]2)c1. The smallest absolute Gasteiger partial charge is 0.296 e. The first-order chi connectivity index (χ1) is 65.8. The predicted molar refractivity (Wildman–Crippen MR) is 527 cm³/mol. The van der Waals surface area contributed by atoms with Crippen LogP contribution in [-0.4, -0.2) is 64.9 Å². The molecular formula is C112H107Cl2N8O13+. The molecule has 17 rings (SSSR count). The third-order valence-electron chi connectivity index (χ3n) is 21.9. The molecular weight excluding hydrogens is 1740 g/mol. The van der Waals surface area contributed by atoms with Crippen molar-refractivity contribution in [2.75, 3.05) is 0 Å². The number of para-hydroxylation sites is 6. The molecule has 23 heteroatoms. The van der Waals surface area contributed by atoms with Gasteiger partial charge in [0.1, 0.15) is 116 Å². The second kappa shape index (κ2) is 48.9. The molecule has 0 bridgehead atoms. The van der Waals surface area contributed by atoms with Crippen LogP contribution in [0, 0.1) is 11.8 Å². The van der Waals surface area contributed by atoms with Crippen molar-refractivity contribution in [3.8, 4) is 57.5 Å². The van der Waals surface area contributed by atoms with E-state index in [4.69, 9.17) is 70.6 Å². The zero-order valence-corrected chi connectivity index (χ0v) is 78.0. The van der Waals surface area contributed by atoms with Gasteiger partial charge >= 0.3 is 0 Å². The van der Waals surface area contributed by atoms with E-state index in [0.29, 0.717) is 103 Å². The molecule has 686 valence electrons. The summed E-state index contributed by atoms with van der Waals surface area (Å²) in [4.78, 5) is 55.9. The summed E-state index contributed by atoms with van der Waals surface area (Å²) >= 11 is 12.7. The van der Waals surface area contributed by atoms with Crippen LogP contribution in [0.5, 0.6) is 57.5 Å². The van der Waals surface area contributed by atoms with E-state index in [1.165, 1.54) is 18.8 Å². The summed E-state index contributed by atoms with van der Waals surface area (Å²) in [6.45, 7) is 16.1. The molecule has 135 heavy (non-hydrogen) atoms. The fraction of sp³-hybridized carbons (Fsp3) is 0.214. The first-order valence-electron chi connectivity index (χ1n) is 44.9. The summed E-state index contributed by atoms with van der Waals surface area (Å²) in [5.74, 6) is 7.12. The Bertz CT molecular complexity index is 6800. The van der Waals surface area contributed by atoms with Gasteiger partial charge in [0.15, 0.2) is 30.3 Å². The number of aromatic nitrogens is 8. The number of pyridine rings is 4. The molecule has 0 aliphatic carbocycles. The molecule has 0 fully saturated rings. The number of tetrazole rings is 1. The highest BCUT2D eigenvalue weighted by molar-refractivity contribution is 6.32. The average molecular weight is 1840 g/mol. The number of halogens is 2. The molecule has 21 nitrogen and oxygen atoms in total. The average Bonchev–Trinajstić information content (AvgIpc) is 1.15. The van der Waals surface area contributed by atoms with E-state index < -0.39 is 12.2 Å². The predicted octanol–water partition coefficient (Wildman–Crippen LogP) is 24.6. The molecule has 12 aromatic carbocycles. The summed E-state index contributed by atoms with van der Waals surface area (Å²) in [6.07, 6.45) is 3.68. The molecule has 5 aromatic heterocycles. The van der Waals surface area contributed by atoms with Crippen LogP contribution in [0.1, 0.15) is 124 Å². The van der Waals surface area contributed by atoms with E-state index in [-0.39, 0.29) is 36.5 Å². The van der Waals surface area contributed by atoms with Crippen molar-refractivity contribution >= 4 is 84.2 Å². The summed E-state index contributed by atoms with van der Waals surface area (Å²) in [6, 6.07) is 106. The van der Waals surface area contributed by atoms with Crippen molar-refractivity contribution in [2.24, 2.45) is 11.8 Å². The molecule has 5 heterocycles. The van der Waals surface area contributed by atoms with Crippen molar-refractivity contribution in [3.63, 3.8) is 0 Å². The topological polar surface area (TPSA) is 241 Å². The second-order valence-corrected chi connectivity index (χ2v) is 33.6. The highest BCUT2D eigenvalue weighted by atomic mass is 35.5. The normalized spacial score (nSPS) is 11.6. The summed E-state index contributed by atoms with van der Waals surface area (Å²) in [7, 11) is 0. The molecule has 3 unspecified atom stereocenters. The van der Waals surface area contributed by atoms with Gasteiger partial charge < -0.3 is 47.4 Å². The van der Waals surface area contributed by atoms with Crippen molar-refractivity contribution in [1.82, 2.24) is 35.3 Å². The largest absolute Gasteiger partial charge is 0.489 e. The van der Waals surface area contributed by atoms with E-state index in [9.17, 15) is 14.4 Å². The molecule has 0 saturated heterocycles.